The van der Waals surface area contributed by atoms with Crippen molar-refractivity contribution >= 4 is 0 Å². The summed E-state index contributed by atoms with van der Waals surface area (Å²) in [5.74, 6) is -0.555. The predicted octanol–water partition coefficient (Wildman–Crippen LogP) is 2.07. The van der Waals surface area contributed by atoms with Crippen LogP contribution in [0.1, 0.15) is 11.1 Å². The maximum atomic E-state index is 13.6. The fraction of sp³-hybridized carbons (Fsp3) is 0.417. The van der Waals surface area contributed by atoms with Crippen molar-refractivity contribution in [2.45, 2.75) is 13.0 Å². The third-order valence-electron chi connectivity index (χ3n) is 2.18. The van der Waals surface area contributed by atoms with Crippen LogP contribution >= 0.6 is 0 Å². The Bertz CT molecular complexity index is 418. The second-order valence-electron chi connectivity index (χ2n) is 3.53. The van der Waals surface area contributed by atoms with Crippen molar-refractivity contribution in [3.05, 3.63) is 35.1 Å². The molecule has 6 heteroatoms. The Morgan fingerprint density at radius 3 is 2.83 bits per heavy atom. The smallest absolute Gasteiger partial charge is 0.261 e. The molecule has 0 bridgehead atoms. The van der Waals surface area contributed by atoms with E-state index < -0.39 is 18.8 Å². The van der Waals surface area contributed by atoms with Gasteiger partial charge < -0.3 is 10.1 Å². The van der Waals surface area contributed by atoms with Gasteiger partial charge in [-0.3, -0.25) is 0 Å². The van der Waals surface area contributed by atoms with E-state index in [1.54, 1.807) is 18.2 Å². The first-order chi connectivity index (χ1) is 8.65. The van der Waals surface area contributed by atoms with E-state index in [2.05, 4.69) is 10.1 Å². The standard InChI is InChI=1S/C12H13F3N2O/c13-11(14)8-18-5-4-17-7-10-3-1-2-9(6-16)12(10)15/h1-3,11,17H,4-5,7-8H2. The molecule has 1 aromatic carbocycles. The topological polar surface area (TPSA) is 45.0 Å². The van der Waals surface area contributed by atoms with Crippen LogP contribution in [0.25, 0.3) is 0 Å². The Labute approximate surface area is 103 Å². The summed E-state index contributed by atoms with van der Waals surface area (Å²) in [7, 11) is 0. The fourth-order valence-electron chi connectivity index (χ4n) is 1.34. The van der Waals surface area contributed by atoms with Crippen molar-refractivity contribution in [1.82, 2.24) is 5.32 Å². The maximum absolute atomic E-state index is 13.6. The lowest BCUT2D eigenvalue weighted by Crippen LogP contribution is -2.21. The number of halogens is 3. The summed E-state index contributed by atoms with van der Waals surface area (Å²) >= 11 is 0. The summed E-state index contributed by atoms with van der Waals surface area (Å²) in [6, 6.07) is 6.29. The molecule has 0 aliphatic rings. The number of hydrogen-bond acceptors (Lipinski definition) is 3. The lowest BCUT2D eigenvalue weighted by atomic mass is 10.1. The number of nitriles is 1. The van der Waals surface area contributed by atoms with Crippen molar-refractivity contribution in [2.75, 3.05) is 19.8 Å². The van der Waals surface area contributed by atoms with E-state index >= 15 is 0 Å². The normalized spacial score (nSPS) is 10.6. The van der Waals surface area contributed by atoms with Gasteiger partial charge >= 0.3 is 0 Å². The molecule has 3 nitrogen and oxygen atoms in total. The van der Waals surface area contributed by atoms with E-state index in [-0.39, 0.29) is 18.7 Å². The molecule has 1 rings (SSSR count). The van der Waals surface area contributed by atoms with Gasteiger partial charge in [0.25, 0.3) is 6.43 Å². The fourth-order valence-corrected chi connectivity index (χ4v) is 1.34. The third kappa shape index (κ3) is 4.73. The van der Waals surface area contributed by atoms with Gasteiger partial charge in [-0.25, -0.2) is 13.2 Å². The summed E-state index contributed by atoms with van der Waals surface area (Å²) in [6.07, 6.45) is -2.48. The number of rotatable bonds is 7. The zero-order valence-corrected chi connectivity index (χ0v) is 9.63. The van der Waals surface area contributed by atoms with Gasteiger partial charge in [-0.15, -0.1) is 0 Å². The van der Waals surface area contributed by atoms with Gasteiger partial charge in [0.1, 0.15) is 18.5 Å². The molecule has 0 saturated carbocycles. The van der Waals surface area contributed by atoms with E-state index in [1.165, 1.54) is 6.07 Å². The lowest BCUT2D eigenvalue weighted by Gasteiger charge is -2.07. The summed E-state index contributed by atoms with van der Waals surface area (Å²) < 4.78 is 41.7. The highest BCUT2D eigenvalue weighted by Gasteiger charge is 2.06. The van der Waals surface area contributed by atoms with E-state index in [0.29, 0.717) is 12.1 Å². The van der Waals surface area contributed by atoms with Crippen LogP contribution in [0.3, 0.4) is 0 Å². The van der Waals surface area contributed by atoms with Crippen LogP contribution in [0, 0.1) is 17.1 Å². The molecule has 98 valence electrons. The van der Waals surface area contributed by atoms with Crippen molar-refractivity contribution < 1.29 is 17.9 Å². The van der Waals surface area contributed by atoms with E-state index in [1.807, 2.05) is 0 Å². The van der Waals surface area contributed by atoms with E-state index in [9.17, 15) is 13.2 Å². The van der Waals surface area contributed by atoms with Crippen LogP contribution in [-0.4, -0.2) is 26.2 Å². The highest BCUT2D eigenvalue weighted by molar-refractivity contribution is 5.34. The molecule has 0 atom stereocenters. The molecule has 1 N–H and O–H groups in total. The third-order valence-corrected chi connectivity index (χ3v) is 2.18. The molecule has 0 aromatic heterocycles. The first-order valence-corrected chi connectivity index (χ1v) is 5.39. The number of nitrogens with zero attached hydrogens (tertiary/aromatic N) is 1. The van der Waals surface area contributed by atoms with Gasteiger partial charge in [-0.1, -0.05) is 12.1 Å². The highest BCUT2D eigenvalue weighted by atomic mass is 19.3. The molecule has 0 aliphatic carbocycles. The van der Waals surface area contributed by atoms with Crippen molar-refractivity contribution in [3.63, 3.8) is 0 Å². The van der Waals surface area contributed by atoms with Gasteiger partial charge in [-0.2, -0.15) is 5.26 Å². The summed E-state index contributed by atoms with van der Waals surface area (Å²) in [4.78, 5) is 0. The SMILES string of the molecule is N#Cc1cccc(CNCCOCC(F)F)c1F. The van der Waals surface area contributed by atoms with Crippen molar-refractivity contribution in [2.24, 2.45) is 0 Å². The number of ether oxygens (including phenoxy) is 1. The molecule has 1 aromatic rings. The second-order valence-corrected chi connectivity index (χ2v) is 3.53. The van der Waals surface area contributed by atoms with E-state index in [0.717, 1.165) is 0 Å². The molecule has 18 heavy (non-hydrogen) atoms. The van der Waals surface area contributed by atoms with Crippen LogP contribution in [0.15, 0.2) is 18.2 Å². The summed E-state index contributed by atoms with van der Waals surface area (Å²) in [5, 5.41) is 11.5. The molecule has 0 saturated heterocycles. The average Bonchev–Trinajstić information content (AvgIpc) is 2.35. The molecule has 0 spiro atoms. The molecule has 0 radical (unpaired) electrons. The number of hydrogen-bond donors (Lipinski definition) is 1. The minimum absolute atomic E-state index is 0.0109. The highest BCUT2D eigenvalue weighted by Crippen LogP contribution is 2.11. The summed E-state index contributed by atoms with van der Waals surface area (Å²) in [5.41, 5.74) is 0.353. The van der Waals surface area contributed by atoms with Gasteiger partial charge in [0.15, 0.2) is 0 Å². The van der Waals surface area contributed by atoms with Gasteiger partial charge in [-0.05, 0) is 6.07 Å². The monoisotopic (exact) mass is 258 g/mol. The number of benzene rings is 1. The second kappa shape index (κ2) is 7.69. The van der Waals surface area contributed by atoms with E-state index in [4.69, 9.17) is 5.26 Å². The Balaban J connectivity index is 2.30. The quantitative estimate of drug-likeness (QED) is 0.761. The number of alkyl halides is 2. The average molecular weight is 258 g/mol. The predicted molar refractivity (Wildman–Crippen MR) is 59.6 cm³/mol. The van der Waals surface area contributed by atoms with Crippen LogP contribution in [0.2, 0.25) is 0 Å². The van der Waals surface area contributed by atoms with Gasteiger partial charge in [0.2, 0.25) is 0 Å². The van der Waals surface area contributed by atoms with Crippen molar-refractivity contribution in [1.29, 1.82) is 5.26 Å². The summed E-state index contributed by atoms with van der Waals surface area (Å²) in [6.45, 7) is 0.0895. The van der Waals surface area contributed by atoms with Crippen molar-refractivity contribution in [3.8, 4) is 6.07 Å². The molecule has 0 heterocycles. The molecule has 0 unspecified atom stereocenters. The zero-order valence-electron chi connectivity index (χ0n) is 9.63. The lowest BCUT2D eigenvalue weighted by molar-refractivity contribution is 0.0187. The largest absolute Gasteiger partial charge is 0.374 e. The minimum Gasteiger partial charge on any atom is -0.374 e. The van der Waals surface area contributed by atoms with Crippen LogP contribution < -0.4 is 5.32 Å². The first kappa shape index (κ1) is 14.5. The molecular formula is C12H13F3N2O. The van der Waals surface area contributed by atoms with Crippen LogP contribution in [-0.2, 0) is 11.3 Å². The Kier molecular flexibility index (Phi) is 6.19. The molecule has 0 fully saturated rings. The molecule has 0 amide bonds. The zero-order chi connectivity index (χ0) is 13.4. The Morgan fingerprint density at radius 2 is 2.17 bits per heavy atom. The Hall–Kier alpha value is -1.58. The molecule has 0 aliphatic heterocycles. The van der Waals surface area contributed by atoms with Crippen LogP contribution in [0.5, 0.6) is 0 Å². The van der Waals surface area contributed by atoms with Crippen LogP contribution in [0.4, 0.5) is 13.2 Å². The Morgan fingerprint density at radius 1 is 1.39 bits per heavy atom. The number of nitrogens with one attached hydrogen (secondary N) is 1. The van der Waals surface area contributed by atoms with Gasteiger partial charge in [0, 0.05) is 18.7 Å². The minimum atomic E-state index is -2.48. The van der Waals surface area contributed by atoms with Gasteiger partial charge in [0.05, 0.1) is 12.2 Å². The first-order valence-electron chi connectivity index (χ1n) is 5.39. The maximum Gasteiger partial charge on any atom is 0.261 e. The molecular weight excluding hydrogens is 245 g/mol.